The number of rotatable bonds is 6. The third-order valence-corrected chi connectivity index (χ3v) is 13.4. The fourth-order valence-electron chi connectivity index (χ4n) is 4.12. The summed E-state index contributed by atoms with van der Waals surface area (Å²) in [7, 11) is -2.69. The molecule has 0 fully saturated rings. The van der Waals surface area contributed by atoms with Crippen LogP contribution in [-0.4, -0.2) is 0 Å². The van der Waals surface area contributed by atoms with E-state index in [1.54, 1.807) is 0 Å². The lowest BCUT2D eigenvalue weighted by Gasteiger charge is -2.26. The molecule has 0 bridgehead atoms. The van der Waals surface area contributed by atoms with Gasteiger partial charge in [-0.25, -0.2) is 8.78 Å². The van der Waals surface area contributed by atoms with Crippen LogP contribution in [0.2, 0.25) is 0 Å². The Morgan fingerprint density at radius 2 is 0.611 bits per heavy atom. The fourth-order valence-corrected chi connectivity index (χ4v) is 11.0. The molecule has 0 unspecified atom stereocenters. The number of hydrogen-bond acceptors (Lipinski definition) is 0. The Labute approximate surface area is 229 Å². The first-order chi connectivity index (χ1) is 17.6. The Morgan fingerprint density at radius 1 is 0.389 bits per heavy atom. The molecule has 0 aromatic heterocycles. The molecule has 0 nitrogen and oxygen atoms in total. The molecule has 5 aromatic carbocycles. The van der Waals surface area contributed by atoms with Gasteiger partial charge in [-0.2, -0.15) is 0 Å². The van der Waals surface area contributed by atoms with Gasteiger partial charge in [-0.15, -0.1) is 0 Å². The molecule has 0 heterocycles. The second-order valence-electron chi connectivity index (χ2n) is 7.97. The lowest BCUT2D eigenvalue weighted by Crippen LogP contribution is -2.31. The molecule has 0 N–H and O–H groups in total. The van der Waals surface area contributed by atoms with E-state index in [1.807, 2.05) is 121 Å². The van der Waals surface area contributed by atoms with Crippen molar-refractivity contribution in [2.75, 3.05) is 0 Å². The molecule has 0 radical (unpaired) electrons. The molecule has 5 rings (SSSR count). The molecule has 0 spiro atoms. The summed E-state index contributed by atoms with van der Waals surface area (Å²) in [5.74, 6) is -1.61. The molecule has 0 saturated carbocycles. The standard InChI is InChI=1S/C30H20Br2F2P2/c31-25-26(32)30(36(23-17-9-3-10-18-23)24-19-11-4-12-20-24)28(34)27(33)29(25)35(21-13-5-1-6-14-21)22-15-7-2-8-16-22/h1-20H. The minimum atomic E-state index is -1.34. The van der Waals surface area contributed by atoms with E-state index in [0.29, 0.717) is 19.6 Å². The molecule has 0 atom stereocenters. The van der Waals surface area contributed by atoms with Gasteiger partial charge in [0.05, 0.1) is 0 Å². The average molecular weight is 640 g/mol. The fraction of sp³-hybridized carbons (Fsp3) is 0. The van der Waals surface area contributed by atoms with Crippen LogP contribution in [0, 0.1) is 11.6 Å². The molecule has 178 valence electrons. The van der Waals surface area contributed by atoms with Gasteiger partial charge in [-0.05, 0) is 68.9 Å². The average Bonchev–Trinajstić information content (AvgIpc) is 2.94. The monoisotopic (exact) mass is 638 g/mol. The van der Waals surface area contributed by atoms with Crippen LogP contribution in [0.15, 0.2) is 130 Å². The molecule has 0 aliphatic rings. The smallest absolute Gasteiger partial charge is 0.169 e. The summed E-state index contributed by atoms with van der Waals surface area (Å²) in [5, 5.41) is 4.48. The summed E-state index contributed by atoms with van der Waals surface area (Å²) in [4.78, 5) is 0. The van der Waals surface area contributed by atoms with E-state index in [-0.39, 0.29) is 0 Å². The van der Waals surface area contributed by atoms with Crippen LogP contribution in [0.1, 0.15) is 0 Å². The highest BCUT2D eigenvalue weighted by Crippen LogP contribution is 2.44. The first kappa shape index (κ1) is 25.4. The summed E-state index contributed by atoms with van der Waals surface area (Å²) in [6, 6.07) is 39.0. The Balaban J connectivity index is 1.77. The van der Waals surface area contributed by atoms with Crippen molar-refractivity contribution in [1.29, 1.82) is 0 Å². The SMILES string of the molecule is Fc1c(F)c(P(c2ccccc2)c2ccccc2)c(Br)c(Br)c1P(c1ccccc1)c1ccccc1. The van der Waals surface area contributed by atoms with Crippen molar-refractivity contribution < 1.29 is 8.78 Å². The molecule has 0 saturated heterocycles. The maximum Gasteiger partial charge on any atom is 0.169 e. The zero-order chi connectivity index (χ0) is 25.1. The van der Waals surface area contributed by atoms with E-state index in [1.165, 1.54) is 0 Å². The van der Waals surface area contributed by atoms with Crippen LogP contribution in [0.5, 0.6) is 0 Å². The third kappa shape index (κ3) is 4.98. The van der Waals surface area contributed by atoms with Gasteiger partial charge in [0.2, 0.25) is 0 Å². The van der Waals surface area contributed by atoms with Crippen LogP contribution in [0.3, 0.4) is 0 Å². The number of hydrogen-bond donors (Lipinski definition) is 0. The van der Waals surface area contributed by atoms with Crippen molar-refractivity contribution in [2.24, 2.45) is 0 Å². The number of benzene rings is 5. The van der Waals surface area contributed by atoms with Crippen molar-refractivity contribution in [3.05, 3.63) is 142 Å². The lowest BCUT2D eigenvalue weighted by molar-refractivity contribution is 0.519. The van der Waals surface area contributed by atoms with Crippen molar-refractivity contribution in [3.63, 3.8) is 0 Å². The predicted molar refractivity (Wildman–Crippen MR) is 159 cm³/mol. The van der Waals surface area contributed by atoms with Crippen molar-refractivity contribution in [3.8, 4) is 0 Å². The van der Waals surface area contributed by atoms with Gasteiger partial charge in [0.25, 0.3) is 0 Å². The van der Waals surface area contributed by atoms with Gasteiger partial charge in [0.15, 0.2) is 11.6 Å². The summed E-state index contributed by atoms with van der Waals surface area (Å²) < 4.78 is 33.7. The highest BCUT2D eigenvalue weighted by atomic mass is 79.9. The summed E-state index contributed by atoms with van der Waals surface area (Å²) in [5.41, 5.74) is 0. The Morgan fingerprint density at radius 3 is 0.833 bits per heavy atom. The van der Waals surface area contributed by atoms with E-state index in [2.05, 4.69) is 31.9 Å². The van der Waals surface area contributed by atoms with E-state index >= 15 is 8.78 Å². The Bertz CT molecular complexity index is 1240. The van der Waals surface area contributed by atoms with Crippen molar-refractivity contribution >= 4 is 79.5 Å². The van der Waals surface area contributed by atoms with Crippen LogP contribution < -0.4 is 31.8 Å². The largest absolute Gasteiger partial charge is 0.203 e. The first-order valence-electron chi connectivity index (χ1n) is 11.2. The summed E-state index contributed by atoms with van der Waals surface area (Å²) in [6.07, 6.45) is 0. The minimum Gasteiger partial charge on any atom is -0.203 e. The zero-order valence-corrected chi connectivity index (χ0v) is 23.9. The van der Waals surface area contributed by atoms with Crippen LogP contribution in [-0.2, 0) is 0 Å². The molecular formula is C30H20Br2F2P2. The van der Waals surface area contributed by atoms with Gasteiger partial charge < -0.3 is 0 Å². The van der Waals surface area contributed by atoms with E-state index < -0.39 is 27.5 Å². The quantitative estimate of drug-likeness (QED) is 0.139. The normalized spacial score (nSPS) is 11.3. The molecular weight excluding hydrogens is 620 g/mol. The predicted octanol–water partition coefficient (Wildman–Crippen LogP) is 7.01. The molecule has 5 aromatic rings. The topological polar surface area (TPSA) is 0 Å². The Kier molecular flexibility index (Phi) is 8.09. The second-order valence-corrected chi connectivity index (χ2v) is 13.9. The third-order valence-electron chi connectivity index (χ3n) is 5.72. The van der Waals surface area contributed by atoms with Gasteiger partial charge in [0.1, 0.15) is 0 Å². The number of halogens is 4. The van der Waals surface area contributed by atoms with Gasteiger partial charge in [-0.3, -0.25) is 0 Å². The minimum absolute atomic E-state index is 0.339. The van der Waals surface area contributed by atoms with Gasteiger partial charge in [0, 0.05) is 19.6 Å². The van der Waals surface area contributed by atoms with Crippen LogP contribution >= 0.6 is 47.7 Å². The van der Waals surface area contributed by atoms with Crippen molar-refractivity contribution in [1.82, 2.24) is 0 Å². The van der Waals surface area contributed by atoms with Gasteiger partial charge >= 0.3 is 0 Å². The maximum absolute atomic E-state index is 16.3. The van der Waals surface area contributed by atoms with Crippen LogP contribution in [0.4, 0.5) is 8.78 Å². The Hall–Kier alpha value is -2.22. The second kappa shape index (κ2) is 11.4. The summed E-state index contributed by atoms with van der Waals surface area (Å²) in [6.45, 7) is 0. The highest BCUT2D eigenvalue weighted by Gasteiger charge is 2.33. The van der Waals surface area contributed by atoms with E-state index in [9.17, 15) is 0 Å². The van der Waals surface area contributed by atoms with E-state index in [0.717, 1.165) is 21.2 Å². The van der Waals surface area contributed by atoms with Crippen LogP contribution in [0.25, 0.3) is 0 Å². The molecule has 0 aliphatic carbocycles. The zero-order valence-electron chi connectivity index (χ0n) is 19.0. The highest BCUT2D eigenvalue weighted by molar-refractivity contribution is 9.13. The first-order valence-corrected chi connectivity index (χ1v) is 15.5. The summed E-state index contributed by atoms with van der Waals surface area (Å²) >= 11 is 7.40. The maximum atomic E-state index is 16.3. The molecule has 36 heavy (non-hydrogen) atoms. The molecule has 6 heteroatoms. The van der Waals surface area contributed by atoms with E-state index in [4.69, 9.17) is 0 Å². The van der Waals surface area contributed by atoms with Crippen molar-refractivity contribution in [2.45, 2.75) is 0 Å². The molecule has 0 amide bonds. The lowest BCUT2D eigenvalue weighted by atomic mass is 10.3. The molecule has 0 aliphatic heterocycles. The van der Waals surface area contributed by atoms with Gasteiger partial charge in [-0.1, -0.05) is 121 Å².